The second-order valence-electron chi connectivity index (χ2n) is 13.1. The maximum atomic E-state index is 12.3. The molecule has 2 saturated heterocycles. The predicted molar refractivity (Wildman–Crippen MR) is 138 cm³/mol. The lowest BCUT2D eigenvalue weighted by Gasteiger charge is -2.46. The van der Waals surface area contributed by atoms with Gasteiger partial charge in [-0.05, 0) is 81.1 Å². The number of allylic oxidation sites excluding steroid dienone is 2. The van der Waals surface area contributed by atoms with Crippen LogP contribution < -0.4 is 10.6 Å². The van der Waals surface area contributed by atoms with Gasteiger partial charge in [0.05, 0.1) is 0 Å². The van der Waals surface area contributed by atoms with E-state index in [1.807, 2.05) is 0 Å². The average Bonchev–Trinajstić information content (AvgIpc) is 2.58. The van der Waals surface area contributed by atoms with E-state index in [2.05, 4.69) is 78.2 Å². The average molecular weight is 479 g/mol. The molecule has 2 rings (SSSR count). The minimum Gasteiger partial charge on any atom is -0.462 e. The lowest BCUT2D eigenvalue weighted by Crippen LogP contribution is -2.59. The van der Waals surface area contributed by atoms with Crippen LogP contribution in [0.2, 0.25) is 0 Å². The number of hydrogen-bond donors (Lipinski definition) is 2. The number of hydrogen-bond acceptors (Lipinski definition) is 6. The van der Waals surface area contributed by atoms with E-state index >= 15 is 0 Å². The van der Waals surface area contributed by atoms with Crippen molar-refractivity contribution in [2.75, 3.05) is 0 Å². The summed E-state index contributed by atoms with van der Waals surface area (Å²) >= 11 is 0. The predicted octanol–water partition coefficient (Wildman–Crippen LogP) is 5.59. The Morgan fingerprint density at radius 3 is 1.47 bits per heavy atom. The minimum atomic E-state index is -0.116. The summed E-state index contributed by atoms with van der Waals surface area (Å²) in [7, 11) is 0. The van der Waals surface area contributed by atoms with Crippen molar-refractivity contribution in [2.24, 2.45) is 0 Å². The molecule has 2 aliphatic rings. The zero-order chi connectivity index (χ0) is 25.6. The Bertz CT molecular complexity index is 692. The van der Waals surface area contributed by atoms with Gasteiger partial charge in [0, 0.05) is 60.7 Å². The van der Waals surface area contributed by atoms with Crippen molar-refractivity contribution in [2.45, 2.75) is 154 Å². The Labute approximate surface area is 208 Å². The van der Waals surface area contributed by atoms with Crippen LogP contribution in [0.4, 0.5) is 0 Å². The highest BCUT2D eigenvalue weighted by Gasteiger charge is 2.40. The molecule has 0 aromatic heterocycles. The Morgan fingerprint density at radius 2 is 1.03 bits per heavy atom. The first-order chi connectivity index (χ1) is 15.6. The van der Waals surface area contributed by atoms with Crippen molar-refractivity contribution in [1.29, 1.82) is 0 Å². The highest BCUT2D eigenvalue weighted by Crippen LogP contribution is 2.31. The van der Waals surface area contributed by atoms with Gasteiger partial charge in [0.2, 0.25) is 0 Å². The van der Waals surface area contributed by atoms with Crippen LogP contribution in [-0.4, -0.2) is 46.3 Å². The maximum absolute atomic E-state index is 12.3. The molecule has 34 heavy (non-hydrogen) atoms. The number of rotatable bonds is 10. The molecule has 2 aliphatic heterocycles. The Balaban J connectivity index is 1.56. The van der Waals surface area contributed by atoms with Gasteiger partial charge >= 0.3 is 11.9 Å². The lowest BCUT2D eigenvalue weighted by molar-refractivity contribution is -0.154. The molecule has 0 amide bonds. The van der Waals surface area contributed by atoms with E-state index in [0.29, 0.717) is 19.3 Å². The van der Waals surface area contributed by atoms with Crippen LogP contribution in [0, 0.1) is 0 Å². The molecule has 0 atom stereocenters. The van der Waals surface area contributed by atoms with Gasteiger partial charge in [0.1, 0.15) is 12.2 Å². The quantitative estimate of drug-likeness (QED) is 0.242. The van der Waals surface area contributed by atoms with Crippen molar-refractivity contribution >= 4 is 11.9 Å². The summed E-state index contributed by atoms with van der Waals surface area (Å²) in [5.41, 5.74) is -0.102. The van der Waals surface area contributed by atoms with Crippen LogP contribution in [0.3, 0.4) is 0 Å². The fraction of sp³-hybridized carbons (Fsp3) is 0.857. The van der Waals surface area contributed by atoms with E-state index in [4.69, 9.17) is 9.47 Å². The molecule has 0 bridgehead atoms. The molecule has 0 unspecified atom stereocenters. The fourth-order valence-electron chi connectivity index (χ4n) is 6.08. The lowest BCUT2D eigenvalue weighted by atomic mass is 9.81. The zero-order valence-corrected chi connectivity index (χ0v) is 23.0. The molecule has 0 spiro atoms. The van der Waals surface area contributed by atoms with Crippen molar-refractivity contribution in [1.82, 2.24) is 10.6 Å². The highest BCUT2D eigenvalue weighted by molar-refractivity contribution is 5.70. The van der Waals surface area contributed by atoms with E-state index in [9.17, 15) is 9.59 Å². The molecule has 0 saturated carbocycles. The maximum Gasteiger partial charge on any atom is 0.306 e. The minimum absolute atomic E-state index is 0.0135. The summed E-state index contributed by atoms with van der Waals surface area (Å²) in [6.45, 7) is 17.3. The first-order valence-electron chi connectivity index (χ1n) is 13.2. The van der Waals surface area contributed by atoms with Crippen molar-refractivity contribution in [3.63, 3.8) is 0 Å². The van der Waals surface area contributed by atoms with Crippen molar-refractivity contribution in [3.05, 3.63) is 12.2 Å². The van der Waals surface area contributed by atoms with Crippen LogP contribution in [-0.2, 0) is 19.1 Å². The van der Waals surface area contributed by atoms with Gasteiger partial charge in [-0.3, -0.25) is 9.59 Å². The zero-order valence-electron chi connectivity index (χ0n) is 23.0. The molecule has 2 N–H and O–H groups in total. The third-order valence-electron chi connectivity index (χ3n) is 6.59. The third kappa shape index (κ3) is 10.9. The summed E-state index contributed by atoms with van der Waals surface area (Å²) in [6.07, 6.45) is 11.7. The monoisotopic (exact) mass is 478 g/mol. The Kier molecular flexibility index (Phi) is 9.80. The third-order valence-corrected chi connectivity index (χ3v) is 6.59. The van der Waals surface area contributed by atoms with E-state index < -0.39 is 0 Å². The summed E-state index contributed by atoms with van der Waals surface area (Å²) in [6, 6.07) is 0. The molecule has 2 heterocycles. The van der Waals surface area contributed by atoms with Gasteiger partial charge in [-0.1, -0.05) is 12.2 Å². The van der Waals surface area contributed by atoms with E-state index in [0.717, 1.165) is 44.9 Å². The van der Waals surface area contributed by atoms with Gasteiger partial charge in [-0.2, -0.15) is 0 Å². The Hall–Kier alpha value is -1.40. The number of carbonyl (C=O) groups excluding carboxylic acids is 2. The molecular weight excluding hydrogens is 428 g/mol. The van der Waals surface area contributed by atoms with E-state index in [1.54, 1.807) is 0 Å². The molecular formula is C28H50N2O4. The first-order valence-corrected chi connectivity index (χ1v) is 13.2. The highest BCUT2D eigenvalue weighted by atomic mass is 16.5. The molecule has 6 heteroatoms. The topological polar surface area (TPSA) is 76.7 Å². The number of piperidine rings is 2. The number of unbranched alkanes of at least 4 members (excludes halogenated alkanes) is 2. The molecule has 0 aliphatic carbocycles. The summed E-state index contributed by atoms with van der Waals surface area (Å²) in [4.78, 5) is 24.5. The smallest absolute Gasteiger partial charge is 0.306 e. The summed E-state index contributed by atoms with van der Waals surface area (Å²) in [5.74, 6) is -0.204. The summed E-state index contributed by atoms with van der Waals surface area (Å²) in [5, 5.41) is 7.23. The van der Waals surface area contributed by atoms with Gasteiger partial charge < -0.3 is 20.1 Å². The molecule has 0 radical (unpaired) electrons. The fourth-order valence-corrected chi connectivity index (χ4v) is 6.08. The van der Waals surface area contributed by atoms with Gasteiger partial charge in [-0.25, -0.2) is 0 Å². The standard InChI is InChI=1S/C28H50N2O4/c1-25(2)17-21(18-26(3,4)29-25)33-23(31)15-13-11-9-10-12-14-16-24(32)34-22-19-27(5,6)30-28(7,8)20-22/h9,11,21-22,29-30H,10,12-20H2,1-8H3/b11-9+. The van der Waals surface area contributed by atoms with Gasteiger partial charge in [0.15, 0.2) is 0 Å². The summed E-state index contributed by atoms with van der Waals surface area (Å²) < 4.78 is 11.5. The SMILES string of the molecule is CC1(C)CC(OC(=O)CC/C=C/CCCCC(=O)OC2CC(C)(C)NC(C)(C)C2)CC(C)(C)N1. The number of carbonyl (C=O) groups is 2. The number of ether oxygens (including phenoxy) is 2. The number of esters is 2. The second kappa shape index (κ2) is 11.6. The normalized spacial score (nSPS) is 24.1. The van der Waals surface area contributed by atoms with Crippen molar-refractivity contribution < 1.29 is 19.1 Å². The first kappa shape index (κ1) is 28.8. The van der Waals surface area contributed by atoms with Crippen LogP contribution in [0.25, 0.3) is 0 Å². The van der Waals surface area contributed by atoms with Crippen LogP contribution in [0.15, 0.2) is 12.2 Å². The van der Waals surface area contributed by atoms with Gasteiger partial charge in [0.25, 0.3) is 0 Å². The van der Waals surface area contributed by atoms with E-state index in [-0.39, 0.29) is 46.3 Å². The van der Waals surface area contributed by atoms with Gasteiger partial charge in [-0.15, -0.1) is 0 Å². The van der Waals surface area contributed by atoms with Crippen LogP contribution in [0.1, 0.15) is 120 Å². The molecule has 0 aromatic rings. The van der Waals surface area contributed by atoms with Crippen LogP contribution in [0.5, 0.6) is 0 Å². The second-order valence-corrected chi connectivity index (χ2v) is 13.1. The van der Waals surface area contributed by atoms with Crippen molar-refractivity contribution in [3.8, 4) is 0 Å². The molecule has 2 fully saturated rings. The molecule has 196 valence electrons. The molecule has 0 aromatic carbocycles. The Morgan fingerprint density at radius 1 is 0.647 bits per heavy atom. The number of nitrogens with one attached hydrogen (secondary N) is 2. The van der Waals surface area contributed by atoms with E-state index in [1.165, 1.54) is 0 Å². The molecule has 6 nitrogen and oxygen atoms in total. The van der Waals surface area contributed by atoms with Crippen LogP contribution >= 0.6 is 0 Å². The largest absolute Gasteiger partial charge is 0.462 e.